The molecule has 0 bridgehead atoms. The van der Waals surface area contributed by atoms with Crippen LogP contribution in [0.1, 0.15) is 110 Å². The van der Waals surface area contributed by atoms with Crippen LogP contribution in [0.3, 0.4) is 0 Å². The summed E-state index contributed by atoms with van der Waals surface area (Å²) in [4.78, 5) is 45.1. The number of nitrogens with zero attached hydrogens (tertiary/aromatic N) is 3. The van der Waals surface area contributed by atoms with Crippen molar-refractivity contribution in [2.45, 2.75) is 111 Å². The minimum Gasteiger partial charge on any atom is -0.486 e. The number of carbonyl (C=O) groups is 3. The minimum absolute atomic E-state index is 0.0734. The number of amides is 1. The molecule has 0 unspecified atom stereocenters. The van der Waals surface area contributed by atoms with Crippen LogP contribution in [-0.4, -0.2) is 111 Å². The molecule has 1 saturated heterocycles. The Morgan fingerprint density at radius 1 is 0.587 bits per heavy atom. The molecule has 0 atom stereocenters. The highest BCUT2D eigenvalue weighted by atomic mass is 16.5. The summed E-state index contributed by atoms with van der Waals surface area (Å²) in [5.41, 5.74) is 5.08. The Morgan fingerprint density at radius 3 is 1.41 bits per heavy atom. The molecule has 0 radical (unpaired) electrons. The summed E-state index contributed by atoms with van der Waals surface area (Å²) < 4.78 is 16.9. The number of aryl methyl sites for hydroxylation is 1. The van der Waals surface area contributed by atoms with E-state index in [0.717, 1.165) is 69.2 Å². The van der Waals surface area contributed by atoms with E-state index in [4.69, 9.17) is 14.2 Å². The quantitative estimate of drug-likeness (QED) is 0.112. The third-order valence-corrected chi connectivity index (χ3v) is 10.7. The maximum absolute atomic E-state index is 12.1. The third kappa shape index (κ3) is 20.9. The molecule has 1 aromatic heterocycles. The standard InChI is InChI=1S/C19H25NO2.C17H26N2O2.C17H27NO2/c1-19(2,3)15-7-4-11-18(13-15)22-14-17(21)10-5-8-16-9-6-12-20-16;1-17(2,3)14-6-5-7-15(12-14)21-13-16(20)19-10-8-18(4)9-11-19;1-17(2,3)14-8-6-10-16(12-14)20-13-15(19)9-7-11-18(4)5/h4,6-7,9,11-13,20H,5,8,10,14H2,1-3H3;5-7,12H,8-11,13H2,1-4H3;6,8,10,12H,7,9,11,13H2,1-5H3. The van der Waals surface area contributed by atoms with Gasteiger partial charge in [0.2, 0.25) is 0 Å². The van der Waals surface area contributed by atoms with Gasteiger partial charge in [0.15, 0.2) is 18.2 Å². The maximum Gasteiger partial charge on any atom is 0.260 e. The Labute approximate surface area is 379 Å². The first kappa shape index (κ1) is 52.4. The van der Waals surface area contributed by atoms with Crippen molar-refractivity contribution in [3.8, 4) is 17.2 Å². The smallest absolute Gasteiger partial charge is 0.260 e. The van der Waals surface area contributed by atoms with Crippen molar-refractivity contribution in [1.82, 2.24) is 19.7 Å². The van der Waals surface area contributed by atoms with Crippen molar-refractivity contribution in [3.63, 3.8) is 0 Å². The Morgan fingerprint density at radius 2 is 1.02 bits per heavy atom. The number of nitrogens with one attached hydrogen (secondary N) is 1. The van der Waals surface area contributed by atoms with Crippen molar-refractivity contribution < 1.29 is 28.6 Å². The molecule has 1 aliphatic rings. The molecule has 5 rings (SSSR count). The summed E-state index contributed by atoms with van der Waals surface area (Å²) in [7, 11) is 6.11. The number of benzene rings is 3. The van der Waals surface area contributed by atoms with Crippen LogP contribution in [0.5, 0.6) is 17.2 Å². The van der Waals surface area contributed by atoms with Gasteiger partial charge in [0.1, 0.15) is 30.5 Å². The number of rotatable bonds is 17. The van der Waals surface area contributed by atoms with E-state index in [1.54, 1.807) is 0 Å². The van der Waals surface area contributed by atoms with Crippen molar-refractivity contribution in [2.75, 3.05) is 73.7 Å². The van der Waals surface area contributed by atoms with Crippen LogP contribution in [0.15, 0.2) is 91.1 Å². The Hall–Kier alpha value is -4.93. The van der Waals surface area contributed by atoms with Crippen molar-refractivity contribution >= 4 is 17.5 Å². The molecule has 346 valence electrons. The van der Waals surface area contributed by atoms with E-state index in [1.165, 1.54) is 22.4 Å². The van der Waals surface area contributed by atoms with Gasteiger partial charge in [-0.3, -0.25) is 14.4 Å². The van der Waals surface area contributed by atoms with E-state index >= 15 is 0 Å². The van der Waals surface area contributed by atoms with Gasteiger partial charge in [-0.15, -0.1) is 0 Å². The lowest BCUT2D eigenvalue weighted by molar-refractivity contribution is -0.135. The van der Waals surface area contributed by atoms with E-state index in [1.807, 2.05) is 91.9 Å². The molecule has 1 fully saturated rings. The van der Waals surface area contributed by atoms with Crippen LogP contribution in [0.25, 0.3) is 0 Å². The third-order valence-electron chi connectivity index (χ3n) is 10.7. The molecule has 0 saturated carbocycles. The molecule has 4 aromatic rings. The molecule has 10 nitrogen and oxygen atoms in total. The van der Waals surface area contributed by atoms with E-state index in [2.05, 4.69) is 102 Å². The predicted molar refractivity (Wildman–Crippen MR) is 258 cm³/mol. The van der Waals surface area contributed by atoms with Crippen LogP contribution in [-0.2, 0) is 37.0 Å². The topological polar surface area (TPSA) is 104 Å². The summed E-state index contributed by atoms with van der Waals surface area (Å²) in [6.45, 7) is 24.3. The van der Waals surface area contributed by atoms with Crippen LogP contribution < -0.4 is 14.2 Å². The molecule has 2 heterocycles. The van der Waals surface area contributed by atoms with E-state index in [-0.39, 0.29) is 53.5 Å². The average Bonchev–Trinajstić information content (AvgIpc) is 3.75. The van der Waals surface area contributed by atoms with Gasteiger partial charge in [-0.05, 0) is 128 Å². The lowest BCUT2D eigenvalue weighted by Gasteiger charge is -2.32. The minimum atomic E-state index is 0.0734. The fraction of sp³-hybridized carbons (Fsp3) is 0.528. The first-order valence-electron chi connectivity index (χ1n) is 22.6. The summed E-state index contributed by atoms with van der Waals surface area (Å²) in [5.74, 6) is 2.69. The molecule has 1 amide bonds. The Kier molecular flexibility index (Phi) is 21.1. The number of piperazine rings is 1. The molecular weight excluding hydrogens is 789 g/mol. The SMILES string of the molecule is CC(C)(C)c1cccc(OCC(=O)CCCc2ccc[nH]2)c1.CN(C)CCCC(=O)COc1cccc(C(C)(C)C)c1.CN1CCN(C(=O)COc2cccc(C(C)(C)C)c2)CC1. The number of likely N-dealkylation sites (N-methyl/N-ethyl adjacent to an activating group) is 1. The number of H-pyrrole nitrogens is 1. The molecule has 10 heteroatoms. The zero-order chi connectivity index (χ0) is 46.6. The monoisotopic (exact) mass is 867 g/mol. The average molecular weight is 867 g/mol. The van der Waals surface area contributed by atoms with Gasteiger partial charge in [-0.25, -0.2) is 0 Å². The highest BCUT2D eigenvalue weighted by Crippen LogP contribution is 2.28. The molecule has 3 aromatic carbocycles. The summed E-state index contributed by atoms with van der Waals surface area (Å²) in [6.07, 6.45) is 5.68. The second kappa shape index (κ2) is 25.4. The number of Topliss-reactive ketones (excluding diaryl/α,β-unsaturated/α-hetero) is 2. The van der Waals surface area contributed by atoms with Gasteiger partial charge in [-0.1, -0.05) is 98.7 Å². The summed E-state index contributed by atoms with van der Waals surface area (Å²) in [5, 5.41) is 0. The zero-order valence-electron chi connectivity index (χ0n) is 40.6. The van der Waals surface area contributed by atoms with E-state index < -0.39 is 0 Å². The normalized spacial score (nSPS) is 13.3. The second-order valence-corrected chi connectivity index (χ2v) is 19.9. The molecule has 0 aliphatic carbocycles. The molecule has 0 spiro atoms. The number of ketones is 2. The van der Waals surface area contributed by atoms with E-state index in [0.29, 0.717) is 12.8 Å². The molecule has 1 N–H and O–H groups in total. The van der Waals surface area contributed by atoms with Crippen molar-refractivity contribution in [2.24, 2.45) is 0 Å². The predicted octanol–water partition coefficient (Wildman–Crippen LogP) is 9.69. The largest absolute Gasteiger partial charge is 0.486 e. The number of aromatic nitrogens is 1. The first-order chi connectivity index (χ1) is 29.6. The maximum atomic E-state index is 12.1. The van der Waals surface area contributed by atoms with Crippen LogP contribution in [0.2, 0.25) is 0 Å². The second-order valence-electron chi connectivity index (χ2n) is 19.9. The summed E-state index contributed by atoms with van der Waals surface area (Å²) >= 11 is 0. The van der Waals surface area contributed by atoms with Crippen LogP contribution >= 0.6 is 0 Å². The molecular formula is C53H78N4O6. The highest BCUT2D eigenvalue weighted by Gasteiger charge is 2.20. The number of ether oxygens (including phenoxy) is 3. The number of hydrogen-bond acceptors (Lipinski definition) is 8. The van der Waals surface area contributed by atoms with Gasteiger partial charge in [-0.2, -0.15) is 0 Å². The lowest BCUT2D eigenvalue weighted by Crippen LogP contribution is -2.48. The van der Waals surface area contributed by atoms with Crippen LogP contribution in [0, 0.1) is 0 Å². The van der Waals surface area contributed by atoms with E-state index in [9.17, 15) is 14.4 Å². The number of aromatic amines is 1. The number of hydrogen-bond donors (Lipinski definition) is 1. The Balaban J connectivity index is 0.000000252. The van der Waals surface area contributed by atoms with Gasteiger partial charge < -0.3 is 33.9 Å². The van der Waals surface area contributed by atoms with Crippen molar-refractivity contribution in [3.05, 3.63) is 114 Å². The van der Waals surface area contributed by atoms with Gasteiger partial charge in [0.25, 0.3) is 5.91 Å². The molecule has 63 heavy (non-hydrogen) atoms. The lowest BCUT2D eigenvalue weighted by atomic mass is 9.87. The van der Waals surface area contributed by atoms with Crippen LogP contribution in [0.4, 0.5) is 0 Å². The first-order valence-corrected chi connectivity index (χ1v) is 22.6. The van der Waals surface area contributed by atoms with Gasteiger partial charge in [0.05, 0.1) is 0 Å². The Bertz CT molecular complexity index is 1960. The number of carbonyl (C=O) groups excluding carboxylic acids is 3. The zero-order valence-corrected chi connectivity index (χ0v) is 40.6. The van der Waals surface area contributed by atoms with Gasteiger partial charge in [0, 0.05) is 50.9 Å². The molecule has 1 aliphatic heterocycles. The highest BCUT2D eigenvalue weighted by molar-refractivity contribution is 5.80. The van der Waals surface area contributed by atoms with Gasteiger partial charge >= 0.3 is 0 Å². The summed E-state index contributed by atoms with van der Waals surface area (Å²) in [6, 6.07) is 28.0. The van der Waals surface area contributed by atoms with Crippen molar-refractivity contribution in [1.29, 1.82) is 0 Å². The fourth-order valence-electron chi connectivity index (χ4n) is 6.51. The fourth-order valence-corrected chi connectivity index (χ4v) is 6.51.